The molecule has 0 spiro atoms. The van der Waals surface area contributed by atoms with Crippen LogP contribution in [0, 0.1) is 0 Å². The van der Waals surface area contributed by atoms with Crippen molar-refractivity contribution >= 4 is 22.5 Å². The highest BCUT2D eigenvalue weighted by molar-refractivity contribution is 7.99. The van der Waals surface area contributed by atoms with Crippen LogP contribution in [0.5, 0.6) is 0 Å². The molecule has 0 unspecified atom stereocenters. The molecule has 1 N–H and O–H groups in total. The molecule has 0 amide bonds. The molecule has 0 aliphatic rings. The number of thioether (sulfide) groups is 1. The average Bonchev–Trinajstić information content (AvgIpc) is 2.39. The van der Waals surface area contributed by atoms with Crippen molar-refractivity contribution < 1.29 is 0 Å². The maximum absolute atomic E-state index is 3.51. The summed E-state index contributed by atoms with van der Waals surface area (Å²) in [5.41, 5.74) is 1.39. The van der Waals surface area contributed by atoms with Gasteiger partial charge in [-0.25, -0.2) is 0 Å². The third-order valence-electron chi connectivity index (χ3n) is 2.82. The lowest BCUT2D eigenvalue weighted by Gasteiger charge is -2.07. The molecular weight excluding hydrogens is 226 g/mol. The van der Waals surface area contributed by atoms with Crippen molar-refractivity contribution in [2.75, 3.05) is 18.1 Å². The minimum absolute atomic E-state index is 0.964. The molecule has 17 heavy (non-hydrogen) atoms. The number of benzene rings is 2. The molecule has 2 aromatic rings. The third kappa shape index (κ3) is 3.48. The van der Waals surface area contributed by atoms with Crippen molar-refractivity contribution in [1.29, 1.82) is 0 Å². The van der Waals surface area contributed by atoms with Crippen LogP contribution in [0.15, 0.2) is 42.5 Å². The molecule has 90 valence electrons. The van der Waals surface area contributed by atoms with E-state index in [9.17, 15) is 0 Å². The lowest BCUT2D eigenvalue weighted by Crippen LogP contribution is -2.16. The van der Waals surface area contributed by atoms with Crippen LogP contribution < -0.4 is 5.32 Å². The van der Waals surface area contributed by atoms with Crippen molar-refractivity contribution in [3.8, 4) is 0 Å². The van der Waals surface area contributed by atoms with Crippen LogP contribution in [0.3, 0.4) is 0 Å². The lowest BCUT2D eigenvalue weighted by atomic mass is 10.0. The van der Waals surface area contributed by atoms with E-state index in [1.54, 1.807) is 0 Å². The summed E-state index contributed by atoms with van der Waals surface area (Å²) in [5, 5.41) is 6.20. The highest BCUT2D eigenvalue weighted by atomic mass is 32.2. The first-order valence-corrected chi connectivity index (χ1v) is 7.32. The van der Waals surface area contributed by atoms with Gasteiger partial charge < -0.3 is 5.32 Å². The second-order valence-corrected chi connectivity index (χ2v) is 5.41. The quantitative estimate of drug-likeness (QED) is 0.779. The van der Waals surface area contributed by atoms with Gasteiger partial charge in [-0.1, -0.05) is 49.4 Å². The van der Waals surface area contributed by atoms with Gasteiger partial charge in [-0.3, -0.25) is 0 Å². The number of hydrogen-bond donors (Lipinski definition) is 1. The zero-order valence-corrected chi connectivity index (χ0v) is 11.1. The smallest absolute Gasteiger partial charge is 0.0211 e. The van der Waals surface area contributed by atoms with Gasteiger partial charge in [0.05, 0.1) is 0 Å². The first kappa shape index (κ1) is 12.5. The highest BCUT2D eigenvalue weighted by Gasteiger charge is 1.99. The molecule has 0 fully saturated rings. The van der Waals surface area contributed by atoms with Crippen molar-refractivity contribution in [3.63, 3.8) is 0 Å². The highest BCUT2D eigenvalue weighted by Crippen LogP contribution is 2.18. The maximum atomic E-state index is 3.51. The van der Waals surface area contributed by atoms with Gasteiger partial charge >= 0.3 is 0 Å². The summed E-state index contributed by atoms with van der Waals surface area (Å²) in [5.74, 6) is 2.40. The Labute approximate surface area is 108 Å². The zero-order valence-electron chi connectivity index (χ0n) is 10.3. The second kappa shape index (κ2) is 6.67. The summed E-state index contributed by atoms with van der Waals surface area (Å²) in [6.07, 6.45) is 0. The van der Waals surface area contributed by atoms with Crippen molar-refractivity contribution in [2.45, 2.75) is 13.5 Å². The number of nitrogens with one attached hydrogen (secondary N) is 1. The van der Waals surface area contributed by atoms with E-state index in [0.717, 1.165) is 13.1 Å². The Hall–Kier alpha value is -0.990. The molecular formula is C15H19NS. The topological polar surface area (TPSA) is 12.0 Å². The molecule has 0 saturated heterocycles. The minimum atomic E-state index is 0.964. The van der Waals surface area contributed by atoms with E-state index in [0.29, 0.717) is 0 Å². The lowest BCUT2D eigenvalue weighted by molar-refractivity contribution is 0.736. The SMILES string of the molecule is CCSCCNCc1cccc2ccccc12. The molecule has 0 bridgehead atoms. The first-order chi connectivity index (χ1) is 8.42. The number of fused-ring (bicyclic) bond motifs is 1. The van der Waals surface area contributed by atoms with Crippen molar-refractivity contribution in [3.05, 3.63) is 48.0 Å². The van der Waals surface area contributed by atoms with E-state index in [-0.39, 0.29) is 0 Å². The van der Waals surface area contributed by atoms with Crippen LogP contribution in [0.4, 0.5) is 0 Å². The predicted molar refractivity (Wildman–Crippen MR) is 78.7 cm³/mol. The van der Waals surface area contributed by atoms with E-state index in [2.05, 4.69) is 54.7 Å². The summed E-state index contributed by atoms with van der Waals surface area (Å²) >= 11 is 1.98. The Kier molecular flexibility index (Phi) is 4.89. The first-order valence-electron chi connectivity index (χ1n) is 6.17. The Morgan fingerprint density at radius 1 is 1.06 bits per heavy atom. The molecule has 2 heteroatoms. The van der Waals surface area contributed by atoms with E-state index in [4.69, 9.17) is 0 Å². The fourth-order valence-corrected chi connectivity index (χ4v) is 2.54. The summed E-state index contributed by atoms with van der Waals surface area (Å²) in [6, 6.07) is 15.1. The Bertz CT molecular complexity index is 462. The predicted octanol–water partition coefficient (Wildman–Crippen LogP) is 3.68. The van der Waals surface area contributed by atoms with Gasteiger partial charge in [-0.05, 0) is 22.1 Å². The van der Waals surface area contributed by atoms with Gasteiger partial charge in [-0.15, -0.1) is 0 Å². The molecule has 0 aliphatic heterocycles. The third-order valence-corrected chi connectivity index (χ3v) is 3.72. The Morgan fingerprint density at radius 3 is 2.76 bits per heavy atom. The van der Waals surface area contributed by atoms with Crippen LogP contribution in [0.2, 0.25) is 0 Å². The molecule has 0 atom stereocenters. The number of rotatable bonds is 6. The molecule has 0 heterocycles. The van der Waals surface area contributed by atoms with Crippen LogP contribution in [-0.2, 0) is 6.54 Å². The fraction of sp³-hybridized carbons (Fsp3) is 0.333. The van der Waals surface area contributed by atoms with Crippen LogP contribution in [0.25, 0.3) is 10.8 Å². The van der Waals surface area contributed by atoms with Crippen molar-refractivity contribution in [1.82, 2.24) is 5.32 Å². The molecule has 0 aromatic heterocycles. The molecule has 1 nitrogen and oxygen atoms in total. The van der Waals surface area contributed by atoms with Gasteiger partial charge in [-0.2, -0.15) is 11.8 Å². The summed E-state index contributed by atoms with van der Waals surface area (Å²) in [4.78, 5) is 0. The summed E-state index contributed by atoms with van der Waals surface area (Å²) in [7, 11) is 0. The molecule has 0 saturated carbocycles. The standard InChI is InChI=1S/C15H19NS/c1-2-17-11-10-16-12-14-8-5-7-13-6-3-4-9-15(13)14/h3-9,16H,2,10-12H2,1H3. The molecule has 2 aromatic carbocycles. The van der Waals surface area contributed by atoms with E-state index >= 15 is 0 Å². The number of hydrogen-bond acceptors (Lipinski definition) is 2. The van der Waals surface area contributed by atoms with Gasteiger partial charge in [0, 0.05) is 18.8 Å². The summed E-state index contributed by atoms with van der Waals surface area (Å²) < 4.78 is 0. The molecule has 0 radical (unpaired) electrons. The van der Waals surface area contributed by atoms with E-state index in [1.807, 2.05) is 11.8 Å². The average molecular weight is 245 g/mol. The van der Waals surface area contributed by atoms with E-state index in [1.165, 1.54) is 27.8 Å². The van der Waals surface area contributed by atoms with Gasteiger partial charge in [0.1, 0.15) is 0 Å². The Balaban J connectivity index is 1.98. The second-order valence-electron chi connectivity index (χ2n) is 4.01. The van der Waals surface area contributed by atoms with Crippen LogP contribution in [-0.4, -0.2) is 18.1 Å². The maximum Gasteiger partial charge on any atom is 0.0211 e. The minimum Gasteiger partial charge on any atom is -0.312 e. The molecule has 0 aliphatic carbocycles. The Morgan fingerprint density at radius 2 is 1.88 bits per heavy atom. The summed E-state index contributed by atoms with van der Waals surface area (Å²) in [6.45, 7) is 4.25. The monoisotopic (exact) mass is 245 g/mol. The normalized spacial score (nSPS) is 10.9. The van der Waals surface area contributed by atoms with E-state index < -0.39 is 0 Å². The van der Waals surface area contributed by atoms with Crippen molar-refractivity contribution in [2.24, 2.45) is 0 Å². The molecule has 2 rings (SSSR count). The van der Waals surface area contributed by atoms with Gasteiger partial charge in [0.15, 0.2) is 0 Å². The largest absolute Gasteiger partial charge is 0.312 e. The zero-order chi connectivity index (χ0) is 11.9. The van der Waals surface area contributed by atoms with Gasteiger partial charge in [0.25, 0.3) is 0 Å². The van der Waals surface area contributed by atoms with Crippen LogP contribution >= 0.6 is 11.8 Å². The van der Waals surface area contributed by atoms with Crippen LogP contribution in [0.1, 0.15) is 12.5 Å². The fourth-order valence-electron chi connectivity index (χ4n) is 1.96. The van der Waals surface area contributed by atoms with Gasteiger partial charge in [0.2, 0.25) is 0 Å².